The van der Waals surface area contributed by atoms with Crippen LogP contribution in [0.1, 0.15) is 11.3 Å². The number of nitrogens with two attached hydrogens (primary N) is 1. The van der Waals surface area contributed by atoms with E-state index in [4.69, 9.17) is 5.73 Å². The number of nitrogens with zero attached hydrogens (tertiary/aromatic N) is 4. The second kappa shape index (κ2) is 3.60. The SMILES string of the molecule is Cc1ccc(-n2c(N)nc3c(C)nn(C)c32)cc1. The zero-order valence-corrected chi connectivity index (χ0v) is 10.7. The fourth-order valence-corrected chi connectivity index (χ4v) is 2.24. The zero-order valence-electron chi connectivity index (χ0n) is 10.7. The molecule has 0 aliphatic carbocycles. The Labute approximate surface area is 105 Å². The number of aryl methyl sites for hydroxylation is 3. The number of anilines is 1. The largest absolute Gasteiger partial charge is 0.369 e. The van der Waals surface area contributed by atoms with E-state index in [1.165, 1.54) is 5.56 Å². The lowest BCUT2D eigenvalue weighted by molar-refractivity contribution is 0.762. The van der Waals surface area contributed by atoms with Gasteiger partial charge in [0.2, 0.25) is 5.95 Å². The third-order valence-electron chi connectivity index (χ3n) is 3.12. The molecule has 5 heteroatoms. The van der Waals surface area contributed by atoms with Crippen molar-refractivity contribution in [1.29, 1.82) is 0 Å². The Morgan fingerprint density at radius 1 is 1.11 bits per heavy atom. The van der Waals surface area contributed by atoms with Crippen molar-refractivity contribution < 1.29 is 0 Å². The molecular formula is C13H15N5. The maximum atomic E-state index is 6.02. The summed E-state index contributed by atoms with van der Waals surface area (Å²) in [4.78, 5) is 4.39. The van der Waals surface area contributed by atoms with Crippen molar-refractivity contribution in [1.82, 2.24) is 19.3 Å². The number of nitrogen functional groups attached to an aromatic ring is 1. The van der Waals surface area contributed by atoms with Crippen LogP contribution in [0.15, 0.2) is 24.3 Å². The van der Waals surface area contributed by atoms with Crippen molar-refractivity contribution in [3.63, 3.8) is 0 Å². The molecule has 0 unspecified atom stereocenters. The number of fused-ring (bicyclic) bond motifs is 1. The maximum absolute atomic E-state index is 6.02. The van der Waals surface area contributed by atoms with E-state index in [1.54, 1.807) is 0 Å². The summed E-state index contributed by atoms with van der Waals surface area (Å²) in [6, 6.07) is 8.19. The molecule has 3 rings (SSSR count). The number of benzene rings is 1. The Hall–Kier alpha value is -2.30. The summed E-state index contributed by atoms with van der Waals surface area (Å²) in [6.07, 6.45) is 0. The summed E-state index contributed by atoms with van der Waals surface area (Å²) in [7, 11) is 1.90. The van der Waals surface area contributed by atoms with E-state index in [0.29, 0.717) is 5.95 Å². The molecule has 0 saturated carbocycles. The van der Waals surface area contributed by atoms with Gasteiger partial charge in [0, 0.05) is 7.05 Å². The van der Waals surface area contributed by atoms with E-state index in [1.807, 2.05) is 35.4 Å². The molecule has 0 amide bonds. The molecule has 0 atom stereocenters. The number of hydrogen-bond donors (Lipinski definition) is 1. The number of rotatable bonds is 1. The van der Waals surface area contributed by atoms with Gasteiger partial charge < -0.3 is 5.73 Å². The maximum Gasteiger partial charge on any atom is 0.207 e. The third kappa shape index (κ3) is 1.40. The Morgan fingerprint density at radius 2 is 1.78 bits per heavy atom. The standard InChI is InChI=1S/C13H15N5/c1-8-4-6-10(7-5-8)18-12-11(15-13(18)14)9(2)16-17(12)3/h4-7H,1-3H3,(H2,14,15). The molecule has 0 radical (unpaired) electrons. The van der Waals surface area contributed by atoms with Crippen LogP contribution in [0.25, 0.3) is 16.9 Å². The average molecular weight is 241 g/mol. The predicted molar refractivity (Wildman–Crippen MR) is 71.7 cm³/mol. The first-order chi connectivity index (χ1) is 8.58. The smallest absolute Gasteiger partial charge is 0.207 e. The average Bonchev–Trinajstić information content (AvgIpc) is 2.79. The van der Waals surface area contributed by atoms with Gasteiger partial charge in [0.15, 0.2) is 5.65 Å². The van der Waals surface area contributed by atoms with Gasteiger partial charge in [-0.15, -0.1) is 0 Å². The zero-order chi connectivity index (χ0) is 12.9. The second-order valence-corrected chi connectivity index (χ2v) is 4.52. The minimum Gasteiger partial charge on any atom is -0.369 e. The molecule has 2 aromatic heterocycles. The van der Waals surface area contributed by atoms with Gasteiger partial charge in [0.25, 0.3) is 0 Å². The highest BCUT2D eigenvalue weighted by molar-refractivity contribution is 5.79. The van der Waals surface area contributed by atoms with Crippen molar-refractivity contribution in [2.24, 2.45) is 7.05 Å². The minimum absolute atomic E-state index is 0.491. The predicted octanol–water partition coefficient (Wildman–Crippen LogP) is 1.96. The van der Waals surface area contributed by atoms with E-state index in [0.717, 1.165) is 22.5 Å². The van der Waals surface area contributed by atoms with Crippen LogP contribution in [0.3, 0.4) is 0 Å². The number of hydrogen-bond acceptors (Lipinski definition) is 3. The summed E-state index contributed by atoms with van der Waals surface area (Å²) in [6.45, 7) is 4.00. The summed E-state index contributed by atoms with van der Waals surface area (Å²) >= 11 is 0. The van der Waals surface area contributed by atoms with Crippen LogP contribution in [-0.4, -0.2) is 19.3 Å². The molecule has 0 bridgehead atoms. The molecule has 1 aromatic carbocycles. The molecule has 18 heavy (non-hydrogen) atoms. The Morgan fingerprint density at radius 3 is 2.44 bits per heavy atom. The van der Waals surface area contributed by atoms with Crippen LogP contribution in [0.5, 0.6) is 0 Å². The van der Waals surface area contributed by atoms with Gasteiger partial charge in [0.05, 0.1) is 11.4 Å². The molecule has 2 heterocycles. The highest BCUT2D eigenvalue weighted by Gasteiger charge is 2.16. The lowest BCUT2D eigenvalue weighted by Crippen LogP contribution is -2.04. The van der Waals surface area contributed by atoms with Crippen LogP contribution in [-0.2, 0) is 7.05 Å². The van der Waals surface area contributed by atoms with Crippen molar-refractivity contribution in [3.8, 4) is 5.69 Å². The first-order valence-corrected chi connectivity index (χ1v) is 5.82. The van der Waals surface area contributed by atoms with Crippen LogP contribution in [0.4, 0.5) is 5.95 Å². The van der Waals surface area contributed by atoms with E-state index >= 15 is 0 Å². The molecule has 5 nitrogen and oxygen atoms in total. The van der Waals surface area contributed by atoms with Crippen molar-refractivity contribution >= 4 is 17.1 Å². The fourth-order valence-electron chi connectivity index (χ4n) is 2.24. The molecule has 0 aliphatic rings. The molecule has 0 spiro atoms. The lowest BCUT2D eigenvalue weighted by atomic mass is 10.2. The summed E-state index contributed by atoms with van der Waals surface area (Å²) < 4.78 is 3.74. The third-order valence-corrected chi connectivity index (χ3v) is 3.12. The van der Waals surface area contributed by atoms with E-state index in [-0.39, 0.29) is 0 Å². The molecule has 2 N–H and O–H groups in total. The molecule has 3 aromatic rings. The highest BCUT2D eigenvalue weighted by Crippen LogP contribution is 2.24. The molecule has 0 saturated heterocycles. The summed E-state index contributed by atoms with van der Waals surface area (Å²) in [5.74, 6) is 0.491. The van der Waals surface area contributed by atoms with Crippen LogP contribution >= 0.6 is 0 Å². The topological polar surface area (TPSA) is 61.7 Å². The molecule has 0 fully saturated rings. The van der Waals surface area contributed by atoms with Gasteiger partial charge in [-0.1, -0.05) is 17.7 Å². The van der Waals surface area contributed by atoms with Gasteiger partial charge >= 0.3 is 0 Å². The monoisotopic (exact) mass is 241 g/mol. The lowest BCUT2D eigenvalue weighted by Gasteiger charge is -2.07. The first kappa shape index (κ1) is 10.8. The van der Waals surface area contributed by atoms with Crippen molar-refractivity contribution in [2.45, 2.75) is 13.8 Å². The number of imidazole rings is 1. The Bertz CT molecular complexity index is 718. The van der Waals surface area contributed by atoms with Crippen molar-refractivity contribution in [3.05, 3.63) is 35.5 Å². The molecule has 0 aliphatic heterocycles. The van der Waals surface area contributed by atoms with Crippen molar-refractivity contribution in [2.75, 3.05) is 5.73 Å². The Kier molecular flexibility index (Phi) is 2.16. The van der Waals surface area contributed by atoms with Crippen LogP contribution in [0, 0.1) is 13.8 Å². The molecular weight excluding hydrogens is 226 g/mol. The van der Waals surface area contributed by atoms with Gasteiger partial charge in [-0.2, -0.15) is 5.10 Å². The van der Waals surface area contributed by atoms with Crippen LogP contribution in [0.2, 0.25) is 0 Å². The second-order valence-electron chi connectivity index (χ2n) is 4.52. The normalized spacial score (nSPS) is 11.3. The van der Waals surface area contributed by atoms with E-state index < -0.39 is 0 Å². The summed E-state index contributed by atoms with van der Waals surface area (Å²) in [5.41, 5.74) is 10.9. The minimum atomic E-state index is 0.491. The molecule has 92 valence electrons. The van der Waals surface area contributed by atoms with E-state index in [2.05, 4.69) is 29.1 Å². The van der Waals surface area contributed by atoms with Gasteiger partial charge in [-0.05, 0) is 26.0 Å². The fraction of sp³-hybridized carbons (Fsp3) is 0.231. The van der Waals surface area contributed by atoms with E-state index in [9.17, 15) is 0 Å². The first-order valence-electron chi connectivity index (χ1n) is 5.82. The highest BCUT2D eigenvalue weighted by atomic mass is 15.3. The summed E-state index contributed by atoms with van der Waals surface area (Å²) in [5, 5.41) is 4.37. The van der Waals surface area contributed by atoms with Gasteiger partial charge in [-0.3, -0.25) is 4.57 Å². The number of aromatic nitrogens is 4. The quantitative estimate of drug-likeness (QED) is 0.708. The van der Waals surface area contributed by atoms with Gasteiger partial charge in [0.1, 0.15) is 5.52 Å². The van der Waals surface area contributed by atoms with Gasteiger partial charge in [-0.25, -0.2) is 9.67 Å². The Balaban J connectivity index is 2.34. The van der Waals surface area contributed by atoms with Crippen LogP contribution < -0.4 is 5.73 Å².